The Morgan fingerprint density at radius 2 is 2.05 bits per heavy atom. The minimum atomic E-state index is 0.178. The van der Waals surface area contributed by atoms with Gasteiger partial charge in [0.25, 0.3) is 5.91 Å². The van der Waals surface area contributed by atoms with E-state index in [-0.39, 0.29) is 5.91 Å². The third-order valence-corrected chi connectivity index (χ3v) is 4.18. The van der Waals surface area contributed by atoms with Gasteiger partial charge in [-0.15, -0.1) is 0 Å². The van der Waals surface area contributed by atoms with Gasteiger partial charge in [-0.3, -0.25) is 4.79 Å². The average Bonchev–Trinajstić information content (AvgIpc) is 2.76. The number of hydrogen-bond donors (Lipinski definition) is 1. The predicted octanol–water partition coefficient (Wildman–Crippen LogP) is 1.80. The van der Waals surface area contributed by atoms with E-state index in [9.17, 15) is 4.79 Å². The van der Waals surface area contributed by atoms with Crippen LogP contribution in [0.3, 0.4) is 0 Å². The van der Waals surface area contributed by atoms with E-state index < -0.39 is 0 Å². The number of nitrogens with one attached hydrogen (secondary N) is 1. The highest BCUT2D eigenvalue weighted by Crippen LogP contribution is 2.19. The first kappa shape index (κ1) is 14.1. The molecule has 0 atom stereocenters. The van der Waals surface area contributed by atoms with Crippen LogP contribution in [-0.2, 0) is 7.05 Å². The van der Waals surface area contributed by atoms with Crippen molar-refractivity contribution < 1.29 is 4.79 Å². The van der Waals surface area contributed by atoms with E-state index in [1.807, 2.05) is 35.6 Å². The molecule has 1 amide bonds. The van der Waals surface area contributed by atoms with Gasteiger partial charge in [0.15, 0.2) is 0 Å². The van der Waals surface area contributed by atoms with E-state index in [4.69, 9.17) is 0 Å². The molecular weight excluding hydrogens is 238 g/mol. The van der Waals surface area contributed by atoms with Crippen LogP contribution >= 0.6 is 0 Å². The molecule has 1 aliphatic rings. The van der Waals surface area contributed by atoms with Crippen molar-refractivity contribution in [3.05, 3.63) is 23.5 Å². The zero-order valence-electron chi connectivity index (χ0n) is 12.3. The lowest BCUT2D eigenvalue weighted by Gasteiger charge is -2.32. The molecule has 4 heteroatoms. The Balaban J connectivity index is 1.91. The molecule has 0 spiro atoms. The number of aryl methyl sites for hydroxylation is 1. The maximum Gasteiger partial charge on any atom is 0.270 e. The Bertz CT molecular complexity index is 431. The molecule has 2 heterocycles. The summed E-state index contributed by atoms with van der Waals surface area (Å²) in [7, 11) is 1.96. The van der Waals surface area contributed by atoms with E-state index in [0.717, 1.165) is 56.3 Å². The van der Waals surface area contributed by atoms with Crippen LogP contribution in [0.1, 0.15) is 35.9 Å². The van der Waals surface area contributed by atoms with Gasteiger partial charge in [0.2, 0.25) is 0 Å². The van der Waals surface area contributed by atoms with Gasteiger partial charge >= 0.3 is 0 Å². The summed E-state index contributed by atoms with van der Waals surface area (Å²) in [6.07, 6.45) is 2.23. The molecule has 0 radical (unpaired) electrons. The third-order valence-electron chi connectivity index (χ3n) is 4.18. The van der Waals surface area contributed by atoms with Crippen molar-refractivity contribution in [3.8, 4) is 0 Å². The van der Waals surface area contributed by atoms with Gasteiger partial charge in [0.1, 0.15) is 5.69 Å². The summed E-state index contributed by atoms with van der Waals surface area (Å²) in [5, 5.41) is 3.40. The van der Waals surface area contributed by atoms with Crippen molar-refractivity contribution in [1.29, 1.82) is 0 Å². The summed E-state index contributed by atoms with van der Waals surface area (Å²) in [6.45, 7) is 8.05. The van der Waals surface area contributed by atoms with E-state index in [1.54, 1.807) is 0 Å². The molecule has 4 nitrogen and oxygen atoms in total. The van der Waals surface area contributed by atoms with Crippen molar-refractivity contribution in [2.75, 3.05) is 26.2 Å². The number of piperidine rings is 1. The average molecular weight is 263 g/mol. The monoisotopic (exact) mass is 263 g/mol. The van der Waals surface area contributed by atoms with Crippen LogP contribution in [0.2, 0.25) is 0 Å². The molecule has 0 saturated carbocycles. The largest absolute Gasteiger partial charge is 0.344 e. The van der Waals surface area contributed by atoms with Crippen LogP contribution in [0, 0.1) is 12.8 Å². The number of carbonyl (C=O) groups excluding carboxylic acids is 1. The highest BCUT2D eigenvalue weighted by Gasteiger charge is 2.24. The van der Waals surface area contributed by atoms with Crippen molar-refractivity contribution in [1.82, 2.24) is 14.8 Å². The second-order valence-electron chi connectivity index (χ2n) is 5.46. The van der Waals surface area contributed by atoms with Crippen LogP contribution in [0.15, 0.2) is 12.1 Å². The number of nitrogens with zero attached hydrogens (tertiary/aromatic N) is 2. The topological polar surface area (TPSA) is 37.3 Å². The molecule has 19 heavy (non-hydrogen) atoms. The van der Waals surface area contributed by atoms with Gasteiger partial charge in [0.05, 0.1) is 0 Å². The van der Waals surface area contributed by atoms with E-state index in [0.29, 0.717) is 0 Å². The number of amides is 1. The van der Waals surface area contributed by atoms with Crippen LogP contribution in [-0.4, -0.2) is 41.6 Å². The summed E-state index contributed by atoms with van der Waals surface area (Å²) in [5.41, 5.74) is 1.94. The van der Waals surface area contributed by atoms with Crippen molar-refractivity contribution in [2.24, 2.45) is 13.0 Å². The molecule has 0 unspecified atom stereocenters. The fraction of sp³-hybridized carbons (Fsp3) is 0.667. The first-order chi connectivity index (χ1) is 9.13. The summed E-state index contributed by atoms with van der Waals surface area (Å²) in [6, 6.07) is 3.94. The van der Waals surface area contributed by atoms with Crippen LogP contribution in [0.25, 0.3) is 0 Å². The van der Waals surface area contributed by atoms with Crippen molar-refractivity contribution in [3.63, 3.8) is 0 Å². The predicted molar refractivity (Wildman–Crippen MR) is 77.3 cm³/mol. The Hall–Kier alpha value is -1.29. The van der Waals surface area contributed by atoms with E-state index >= 15 is 0 Å². The number of likely N-dealkylation sites (tertiary alicyclic amines) is 1. The molecule has 0 aromatic carbocycles. The molecule has 1 aliphatic heterocycles. The van der Waals surface area contributed by atoms with Gasteiger partial charge < -0.3 is 14.8 Å². The van der Waals surface area contributed by atoms with Gasteiger partial charge in [-0.25, -0.2) is 0 Å². The molecule has 1 aromatic rings. The first-order valence-electron chi connectivity index (χ1n) is 7.25. The van der Waals surface area contributed by atoms with Gasteiger partial charge in [-0.2, -0.15) is 0 Å². The minimum absolute atomic E-state index is 0.178. The third kappa shape index (κ3) is 3.18. The molecule has 1 aromatic heterocycles. The molecule has 2 rings (SSSR count). The lowest BCUT2D eigenvalue weighted by molar-refractivity contribution is 0.0680. The Kier molecular flexibility index (Phi) is 4.64. The Labute approximate surface area is 115 Å². The molecular formula is C15H25N3O. The van der Waals surface area contributed by atoms with Gasteiger partial charge in [-0.05, 0) is 50.9 Å². The smallest absolute Gasteiger partial charge is 0.270 e. The summed E-state index contributed by atoms with van der Waals surface area (Å²) in [5.74, 6) is 0.900. The van der Waals surface area contributed by atoms with Crippen molar-refractivity contribution in [2.45, 2.75) is 26.7 Å². The minimum Gasteiger partial charge on any atom is -0.344 e. The fourth-order valence-electron chi connectivity index (χ4n) is 2.68. The number of rotatable bonds is 4. The SMILES string of the molecule is CCNCC1CCN(C(=O)c2ccc(C)n2C)CC1. The van der Waals surface area contributed by atoms with E-state index in [2.05, 4.69) is 12.2 Å². The second-order valence-corrected chi connectivity index (χ2v) is 5.46. The molecule has 106 valence electrons. The lowest BCUT2D eigenvalue weighted by Crippen LogP contribution is -2.41. The summed E-state index contributed by atoms with van der Waals surface area (Å²) >= 11 is 0. The molecule has 0 aliphatic carbocycles. The van der Waals surface area contributed by atoms with E-state index in [1.165, 1.54) is 0 Å². The van der Waals surface area contributed by atoms with Crippen molar-refractivity contribution >= 4 is 5.91 Å². The number of aromatic nitrogens is 1. The molecule has 1 N–H and O–H groups in total. The summed E-state index contributed by atoms with van der Waals surface area (Å²) < 4.78 is 1.98. The van der Waals surface area contributed by atoms with Gasteiger partial charge in [-0.1, -0.05) is 6.92 Å². The summed E-state index contributed by atoms with van der Waals surface area (Å²) in [4.78, 5) is 14.4. The quantitative estimate of drug-likeness (QED) is 0.899. The Morgan fingerprint density at radius 3 is 2.58 bits per heavy atom. The maximum absolute atomic E-state index is 12.4. The number of carbonyl (C=O) groups is 1. The zero-order chi connectivity index (χ0) is 13.8. The van der Waals surface area contributed by atoms with Crippen LogP contribution in [0.5, 0.6) is 0 Å². The standard InChI is InChI=1S/C15H25N3O/c1-4-16-11-13-7-9-18(10-8-13)15(19)14-6-5-12(2)17(14)3/h5-6,13,16H,4,7-11H2,1-3H3. The Morgan fingerprint density at radius 1 is 1.37 bits per heavy atom. The maximum atomic E-state index is 12.4. The van der Waals surface area contributed by atoms with Crippen LogP contribution < -0.4 is 5.32 Å². The fourth-order valence-corrected chi connectivity index (χ4v) is 2.68. The number of hydrogen-bond acceptors (Lipinski definition) is 2. The molecule has 0 bridgehead atoms. The molecule has 1 fully saturated rings. The first-order valence-corrected chi connectivity index (χ1v) is 7.25. The normalized spacial score (nSPS) is 16.9. The van der Waals surface area contributed by atoms with Crippen LogP contribution in [0.4, 0.5) is 0 Å². The second kappa shape index (κ2) is 6.24. The highest BCUT2D eigenvalue weighted by molar-refractivity contribution is 5.93. The molecule has 1 saturated heterocycles. The lowest BCUT2D eigenvalue weighted by atomic mass is 9.96. The zero-order valence-corrected chi connectivity index (χ0v) is 12.3. The highest BCUT2D eigenvalue weighted by atomic mass is 16.2. The van der Waals surface area contributed by atoms with Gasteiger partial charge in [0, 0.05) is 25.8 Å².